The SMILES string of the molecule is O=C(O)C1(c2cc(F)cc(F)c2)CCOC1. The van der Waals surface area contributed by atoms with Crippen LogP contribution >= 0.6 is 0 Å². The number of carbonyl (C=O) groups is 1. The number of hydrogen-bond acceptors (Lipinski definition) is 2. The van der Waals surface area contributed by atoms with E-state index >= 15 is 0 Å². The zero-order chi connectivity index (χ0) is 11.8. The first kappa shape index (κ1) is 11.0. The molecule has 1 fully saturated rings. The van der Waals surface area contributed by atoms with Gasteiger partial charge in [0, 0.05) is 12.7 Å². The summed E-state index contributed by atoms with van der Waals surface area (Å²) in [7, 11) is 0. The Morgan fingerprint density at radius 3 is 2.38 bits per heavy atom. The quantitative estimate of drug-likeness (QED) is 0.838. The fourth-order valence-corrected chi connectivity index (χ4v) is 1.91. The van der Waals surface area contributed by atoms with E-state index in [-0.39, 0.29) is 25.2 Å². The molecule has 1 aromatic carbocycles. The standard InChI is InChI=1S/C11H10F2O3/c12-8-3-7(4-9(13)5-8)11(10(14)15)1-2-16-6-11/h3-5H,1-2,6H2,(H,14,15). The Kier molecular flexibility index (Phi) is 2.63. The number of carboxylic acids is 1. The molecule has 86 valence electrons. The third-order valence-corrected chi connectivity index (χ3v) is 2.85. The molecule has 0 saturated carbocycles. The molecule has 1 heterocycles. The summed E-state index contributed by atoms with van der Waals surface area (Å²) in [6, 6.07) is 2.81. The average Bonchev–Trinajstić information content (AvgIpc) is 2.65. The fourth-order valence-electron chi connectivity index (χ4n) is 1.91. The highest BCUT2D eigenvalue weighted by atomic mass is 19.1. The van der Waals surface area contributed by atoms with Crippen molar-refractivity contribution in [2.75, 3.05) is 13.2 Å². The number of halogens is 2. The van der Waals surface area contributed by atoms with E-state index in [9.17, 15) is 18.7 Å². The van der Waals surface area contributed by atoms with Crippen molar-refractivity contribution in [3.63, 3.8) is 0 Å². The van der Waals surface area contributed by atoms with Crippen LogP contribution in [0.25, 0.3) is 0 Å². The third kappa shape index (κ3) is 1.67. The molecule has 0 spiro atoms. The van der Waals surface area contributed by atoms with Crippen molar-refractivity contribution in [3.8, 4) is 0 Å². The molecular weight excluding hydrogens is 218 g/mol. The normalized spacial score (nSPS) is 24.6. The van der Waals surface area contributed by atoms with Gasteiger partial charge in [-0.1, -0.05) is 0 Å². The Morgan fingerprint density at radius 2 is 1.94 bits per heavy atom. The van der Waals surface area contributed by atoms with Gasteiger partial charge in [0.2, 0.25) is 0 Å². The lowest BCUT2D eigenvalue weighted by molar-refractivity contribution is -0.143. The fraction of sp³-hybridized carbons (Fsp3) is 0.364. The summed E-state index contributed by atoms with van der Waals surface area (Å²) in [5.41, 5.74) is -1.20. The second kappa shape index (κ2) is 3.83. The smallest absolute Gasteiger partial charge is 0.316 e. The van der Waals surface area contributed by atoms with Crippen LogP contribution < -0.4 is 0 Å². The summed E-state index contributed by atoms with van der Waals surface area (Å²) in [5, 5.41) is 9.17. The Hall–Kier alpha value is -1.49. The maximum absolute atomic E-state index is 13.0. The molecule has 0 aliphatic carbocycles. The van der Waals surface area contributed by atoms with Gasteiger partial charge < -0.3 is 9.84 Å². The van der Waals surface area contributed by atoms with Crippen molar-refractivity contribution in [1.82, 2.24) is 0 Å². The Morgan fingerprint density at radius 1 is 1.31 bits per heavy atom. The van der Waals surface area contributed by atoms with Crippen LogP contribution in [0, 0.1) is 11.6 Å². The molecular formula is C11H10F2O3. The van der Waals surface area contributed by atoms with E-state index in [4.69, 9.17) is 4.74 Å². The van der Waals surface area contributed by atoms with E-state index in [0.29, 0.717) is 0 Å². The minimum atomic E-state index is -1.32. The number of hydrogen-bond donors (Lipinski definition) is 1. The van der Waals surface area contributed by atoms with E-state index in [2.05, 4.69) is 0 Å². The molecule has 1 aliphatic heterocycles. The van der Waals surface area contributed by atoms with Gasteiger partial charge in [0.15, 0.2) is 0 Å². The van der Waals surface area contributed by atoms with Crippen LogP contribution in [-0.4, -0.2) is 24.3 Å². The van der Waals surface area contributed by atoms with Gasteiger partial charge in [0.25, 0.3) is 0 Å². The van der Waals surface area contributed by atoms with E-state index in [0.717, 1.165) is 18.2 Å². The molecule has 1 atom stereocenters. The first-order valence-electron chi connectivity index (χ1n) is 4.82. The number of aliphatic carboxylic acids is 1. The zero-order valence-electron chi connectivity index (χ0n) is 8.37. The molecule has 1 N–H and O–H groups in total. The molecule has 1 aromatic rings. The van der Waals surface area contributed by atoms with Gasteiger partial charge >= 0.3 is 5.97 Å². The monoisotopic (exact) mass is 228 g/mol. The summed E-state index contributed by atoms with van der Waals surface area (Å²) in [5.74, 6) is -2.67. The molecule has 0 radical (unpaired) electrons. The highest BCUT2D eigenvalue weighted by Crippen LogP contribution is 2.34. The highest BCUT2D eigenvalue weighted by Gasteiger charge is 2.44. The minimum absolute atomic E-state index is 0.0504. The molecule has 0 aromatic heterocycles. The van der Waals surface area contributed by atoms with E-state index < -0.39 is 23.0 Å². The van der Waals surface area contributed by atoms with Crippen LogP contribution in [0.4, 0.5) is 8.78 Å². The highest BCUT2D eigenvalue weighted by molar-refractivity contribution is 5.82. The topological polar surface area (TPSA) is 46.5 Å². The lowest BCUT2D eigenvalue weighted by atomic mass is 9.80. The van der Waals surface area contributed by atoms with Crippen molar-refractivity contribution in [1.29, 1.82) is 0 Å². The van der Waals surface area contributed by atoms with E-state index in [1.54, 1.807) is 0 Å². The summed E-state index contributed by atoms with van der Waals surface area (Å²) >= 11 is 0. The van der Waals surface area contributed by atoms with Crippen molar-refractivity contribution in [2.24, 2.45) is 0 Å². The van der Waals surface area contributed by atoms with Crippen LogP contribution in [0.2, 0.25) is 0 Å². The predicted octanol–water partition coefficient (Wildman–Crippen LogP) is 1.71. The first-order valence-corrected chi connectivity index (χ1v) is 4.82. The van der Waals surface area contributed by atoms with Crippen LogP contribution in [0.1, 0.15) is 12.0 Å². The summed E-state index contributed by atoms with van der Waals surface area (Å²) < 4.78 is 31.1. The summed E-state index contributed by atoms with van der Waals surface area (Å²) in [6.07, 6.45) is 0.227. The van der Waals surface area contributed by atoms with Gasteiger partial charge in [-0.3, -0.25) is 4.79 Å². The number of ether oxygens (including phenoxy) is 1. The molecule has 3 nitrogen and oxygen atoms in total. The Labute approximate surface area is 90.7 Å². The number of carboxylic acid groups (broad SMARTS) is 1. The predicted molar refractivity (Wildman–Crippen MR) is 51.1 cm³/mol. The largest absolute Gasteiger partial charge is 0.481 e. The lowest BCUT2D eigenvalue weighted by Crippen LogP contribution is -2.36. The molecule has 0 bridgehead atoms. The molecule has 1 saturated heterocycles. The molecule has 16 heavy (non-hydrogen) atoms. The van der Waals surface area contributed by atoms with Crippen LogP contribution in [-0.2, 0) is 14.9 Å². The van der Waals surface area contributed by atoms with Crippen LogP contribution in [0.5, 0.6) is 0 Å². The average molecular weight is 228 g/mol. The van der Waals surface area contributed by atoms with Crippen molar-refractivity contribution < 1.29 is 23.4 Å². The van der Waals surface area contributed by atoms with Crippen LogP contribution in [0.15, 0.2) is 18.2 Å². The van der Waals surface area contributed by atoms with Gasteiger partial charge in [-0.2, -0.15) is 0 Å². The summed E-state index contributed by atoms with van der Waals surface area (Å²) in [4.78, 5) is 11.2. The van der Waals surface area contributed by atoms with Crippen molar-refractivity contribution in [2.45, 2.75) is 11.8 Å². The van der Waals surface area contributed by atoms with Gasteiger partial charge in [-0.05, 0) is 24.1 Å². The zero-order valence-corrected chi connectivity index (χ0v) is 8.37. The molecule has 2 rings (SSSR count). The number of rotatable bonds is 2. The maximum atomic E-state index is 13.0. The van der Waals surface area contributed by atoms with E-state index in [1.165, 1.54) is 0 Å². The van der Waals surface area contributed by atoms with Gasteiger partial charge in [-0.15, -0.1) is 0 Å². The minimum Gasteiger partial charge on any atom is -0.481 e. The second-order valence-corrected chi connectivity index (χ2v) is 3.85. The number of benzene rings is 1. The second-order valence-electron chi connectivity index (χ2n) is 3.85. The van der Waals surface area contributed by atoms with Crippen molar-refractivity contribution in [3.05, 3.63) is 35.4 Å². The van der Waals surface area contributed by atoms with E-state index in [1.807, 2.05) is 0 Å². The Balaban J connectivity index is 2.51. The molecule has 5 heteroatoms. The third-order valence-electron chi connectivity index (χ3n) is 2.85. The van der Waals surface area contributed by atoms with Gasteiger partial charge in [-0.25, -0.2) is 8.78 Å². The molecule has 1 aliphatic rings. The maximum Gasteiger partial charge on any atom is 0.316 e. The van der Waals surface area contributed by atoms with Crippen molar-refractivity contribution >= 4 is 5.97 Å². The van der Waals surface area contributed by atoms with Crippen LogP contribution in [0.3, 0.4) is 0 Å². The molecule has 0 amide bonds. The van der Waals surface area contributed by atoms with Gasteiger partial charge in [0.05, 0.1) is 6.61 Å². The lowest BCUT2D eigenvalue weighted by Gasteiger charge is -2.22. The summed E-state index contributed by atoms with van der Waals surface area (Å²) in [6.45, 7) is 0.232. The Bertz CT molecular complexity index is 405. The van der Waals surface area contributed by atoms with Gasteiger partial charge in [0.1, 0.15) is 17.0 Å². The molecule has 1 unspecified atom stereocenters. The first-order chi connectivity index (χ1) is 7.54.